The Kier molecular flexibility index (Phi) is 4.11. The molecule has 98 valence electrons. The van der Waals surface area contributed by atoms with Crippen LogP contribution in [0.5, 0.6) is 5.75 Å². The van der Waals surface area contributed by atoms with Gasteiger partial charge in [0.15, 0.2) is 12.5 Å². The summed E-state index contributed by atoms with van der Waals surface area (Å²) in [5.74, 6) is 0.233. The van der Waals surface area contributed by atoms with E-state index < -0.39 is 4.92 Å². The molecule has 0 atom stereocenters. The van der Waals surface area contributed by atoms with Gasteiger partial charge in [-0.1, -0.05) is 6.07 Å². The van der Waals surface area contributed by atoms with Gasteiger partial charge in [-0.15, -0.1) is 0 Å². The third kappa shape index (κ3) is 3.41. The number of nitro benzene ring substituents is 1. The molecule has 0 aromatic heterocycles. The number of benzene rings is 1. The van der Waals surface area contributed by atoms with Gasteiger partial charge in [-0.05, 0) is 24.5 Å². The van der Waals surface area contributed by atoms with Gasteiger partial charge >= 0.3 is 5.69 Å². The van der Waals surface area contributed by atoms with Crippen molar-refractivity contribution in [1.82, 2.24) is 5.32 Å². The van der Waals surface area contributed by atoms with Gasteiger partial charge in [0, 0.05) is 25.8 Å². The monoisotopic (exact) mass is 252 g/mol. The van der Waals surface area contributed by atoms with Gasteiger partial charge in [-0.3, -0.25) is 10.1 Å². The summed E-state index contributed by atoms with van der Waals surface area (Å²) in [5.41, 5.74) is 0.862. The number of rotatable bonds is 7. The van der Waals surface area contributed by atoms with Crippen molar-refractivity contribution in [3.05, 3.63) is 33.9 Å². The van der Waals surface area contributed by atoms with Crippen LogP contribution in [0.25, 0.3) is 0 Å². The summed E-state index contributed by atoms with van der Waals surface area (Å²) in [6.45, 7) is 0.649. The third-order valence-corrected chi connectivity index (χ3v) is 2.72. The van der Waals surface area contributed by atoms with Gasteiger partial charge in [-0.2, -0.15) is 0 Å². The highest BCUT2D eigenvalue weighted by molar-refractivity contribution is 5.48. The molecule has 1 saturated carbocycles. The number of nitrogens with one attached hydrogen (secondary N) is 1. The molecule has 0 aliphatic heterocycles. The van der Waals surface area contributed by atoms with Crippen molar-refractivity contribution in [2.75, 3.05) is 13.9 Å². The molecule has 1 fully saturated rings. The fourth-order valence-electron chi connectivity index (χ4n) is 1.61. The smallest absolute Gasteiger partial charge is 0.311 e. The predicted octanol–water partition coefficient (Wildman–Crippen LogP) is 1.83. The predicted molar refractivity (Wildman–Crippen MR) is 65.5 cm³/mol. The molecular weight excluding hydrogens is 236 g/mol. The number of hydrogen-bond acceptors (Lipinski definition) is 5. The second-order valence-electron chi connectivity index (χ2n) is 4.27. The molecule has 6 nitrogen and oxygen atoms in total. The first-order valence-electron chi connectivity index (χ1n) is 5.83. The average Bonchev–Trinajstić information content (AvgIpc) is 3.18. The van der Waals surface area contributed by atoms with Crippen LogP contribution < -0.4 is 10.1 Å². The van der Waals surface area contributed by atoms with E-state index in [1.165, 1.54) is 20.0 Å². The molecule has 1 aromatic rings. The van der Waals surface area contributed by atoms with E-state index in [0.29, 0.717) is 12.6 Å². The van der Waals surface area contributed by atoms with Gasteiger partial charge in [0.2, 0.25) is 0 Å². The Bertz CT molecular complexity index is 432. The molecule has 6 heteroatoms. The van der Waals surface area contributed by atoms with Crippen molar-refractivity contribution in [3.8, 4) is 5.75 Å². The standard InChI is InChI=1S/C12H16N2O4/c1-17-8-18-12-5-2-9(6-11(12)14(15)16)7-13-10-3-4-10/h2,5-6,10,13H,3-4,7-8H2,1H3. The second-order valence-corrected chi connectivity index (χ2v) is 4.27. The largest absolute Gasteiger partial charge is 0.460 e. The van der Waals surface area contributed by atoms with Gasteiger partial charge in [0.25, 0.3) is 0 Å². The fraction of sp³-hybridized carbons (Fsp3) is 0.500. The van der Waals surface area contributed by atoms with E-state index in [1.807, 2.05) is 6.07 Å². The quantitative estimate of drug-likeness (QED) is 0.455. The maximum absolute atomic E-state index is 11.0. The Hall–Kier alpha value is -1.66. The summed E-state index contributed by atoms with van der Waals surface area (Å²) < 4.78 is 9.90. The molecule has 0 unspecified atom stereocenters. The highest BCUT2D eigenvalue weighted by Gasteiger charge is 2.21. The van der Waals surface area contributed by atoms with Crippen LogP contribution in [0.1, 0.15) is 18.4 Å². The summed E-state index contributed by atoms with van der Waals surface area (Å²) >= 11 is 0. The lowest BCUT2D eigenvalue weighted by atomic mass is 10.2. The molecular formula is C12H16N2O4. The van der Waals surface area contributed by atoms with Crippen LogP contribution in [-0.4, -0.2) is 24.9 Å². The molecule has 18 heavy (non-hydrogen) atoms. The zero-order valence-electron chi connectivity index (χ0n) is 10.2. The molecule has 0 saturated heterocycles. The molecule has 0 spiro atoms. The minimum absolute atomic E-state index is 0.000507. The van der Waals surface area contributed by atoms with Crippen LogP contribution in [0.4, 0.5) is 5.69 Å². The van der Waals surface area contributed by atoms with Crippen molar-refractivity contribution < 1.29 is 14.4 Å². The van der Waals surface area contributed by atoms with Crippen LogP contribution in [-0.2, 0) is 11.3 Å². The zero-order valence-corrected chi connectivity index (χ0v) is 10.2. The first-order chi connectivity index (χ1) is 8.70. The van der Waals surface area contributed by atoms with Crippen molar-refractivity contribution >= 4 is 5.69 Å². The van der Waals surface area contributed by atoms with E-state index in [-0.39, 0.29) is 18.2 Å². The normalized spacial score (nSPS) is 14.5. The lowest BCUT2D eigenvalue weighted by Gasteiger charge is -2.07. The Morgan fingerprint density at radius 3 is 2.89 bits per heavy atom. The fourth-order valence-corrected chi connectivity index (χ4v) is 1.61. The summed E-state index contributed by atoms with van der Waals surface area (Å²) in [7, 11) is 1.47. The van der Waals surface area contributed by atoms with Crippen LogP contribution >= 0.6 is 0 Å². The molecule has 0 heterocycles. The Morgan fingerprint density at radius 1 is 1.50 bits per heavy atom. The summed E-state index contributed by atoms with van der Waals surface area (Å²) in [5, 5.41) is 14.3. The molecule has 0 radical (unpaired) electrons. The maximum atomic E-state index is 11.0. The van der Waals surface area contributed by atoms with E-state index in [4.69, 9.17) is 9.47 Å². The molecule has 1 N–H and O–H groups in total. The molecule has 0 bridgehead atoms. The Labute approximate surface area is 105 Å². The van der Waals surface area contributed by atoms with E-state index in [9.17, 15) is 10.1 Å². The van der Waals surface area contributed by atoms with Crippen LogP contribution in [0, 0.1) is 10.1 Å². The molecule has 2 rings (SSSR count). The number of ether oxygens (including phenoxy) is 2. The van der Waals surface area contributed by atoms with Crippen molar-refractivity contribution in [1.29, 1.82) is 0 Å². The molecule has 1 aromatic carbocycles. The SMILES string of the molecule is COCOc1ccc(CNC2CC2)cc1[N+](=O)[O-]. The summed E-state index contributed by atoms with van der Waals surface area (Å²) in [6.07, 6.45) is 2.38. The van der Waals surface area contributed by atoms with Crippen LogP contribution in [0.2, 0.25) is 0 Å². The van der Waals surface area contributed by atoms with Gasteiger partial charge < -0.3 is 14.8 Å². The maximum Gasteiger partial charge on any atom is 0.311 e. The number of hydrogen-bond donors (Lipinski definition) is 1. The highest BCUT2D eigenvalue weighted by Crippen LogP contribution is 2.28. The van der Waals surface area contributed by atoms with Crippen LogP contribution in [0.15, 0.2) is 18.2 Å². The first-order valence-corrected chi connectivity index (χ1v) is 5.83. The van der Waals surface area contributed by atoms with Crippen molar-refractivity contribution in [2.45, 2.75) is 25.4 Å². The lowest BCUT2D eigenvalue weighted by molar-refractivity contribution is -0.386. The Morgan fingerprint density at radius 2 is 2.28 bits per heavy atom. The third-order valence-electron chi connectivity index (χ3n) is 2.72. The molecule has 1 aliphatic carbocycles. The van der Waals surface area contributed by atoms with Gasteiger partial charge in [0.05, 0.1) is 4.92 Å². The van der Waals surface area contributed by atoms with Gasteiger partial charge in [0.1, 0.15) is 0 Å². The summed E-state index contributed by atoms with van der Waals surface area (Å²) in [4.78, 5) is 10.5. The minimum atomic E-state index is -0.439. The number of nitrogens with zero attached hydrogens (tertiary/aromatic N) is 1. The second kappa shape index (κ2) is 5.79. The molecule has 0 amide bonds. The molecule has 1 aliphatic rings. The van der Waals surface area contributed by atoms with Gasteiger partial charge in [-0.25, -0.2) is 0 Å². The van der Waals surface area contributed by atoms with Crippen molar-refractivity contribution in [2.24, 2.45) is 0 Å². The highest BCUT2D eigenvalue weighted by atomic mass is 16.7. The number of methoxy groups -OCH3 is 1. The minimum Gasteiger partial charge on any atom is -0.460 e. The Balaban J connectivity index is 2.08. The van der Waals surface area contributed by atoms with E-state index in [0.717, 1.165) is 5.56 Å². The zero-order chi connectivity index (χ0) is 13.0. The average molecular weight is 252 g/mol. The van der Waals surface area contributed by atoms with Crippen LogP contribution in [0.3, 0.4) is 0 Å². The topological polar surface area (TPSA) is 73.6 Å². The van der Waals surface area contributed by atoms with E-state index in [2.05, 4.69) is 5.32 Å². The van der Waals surface area contributed by atoms with E-state index in [1.54, 1.807) is 12.1 Å². The lowest BCUT2D eigenvalue weighted by Crippen LogP contribution is -2.15. The number of nitro groups is 1. The summed E-state index contributed by atoms with van der Waals surface area (Å²) in [6, 6.07) is 5.56. The first kappa shape index (κ1) is 12.8. The van der Waals surface area contributed by atoms with Crippen molar-refractivity contribution in [3.63, 3.8) is 0 Å². The van der Waals surface area contributed by atoms with E-state index >= 15 is 0 Å².